The number of hydrogen-bond donors (Lipinski definition) is 3. The van der Waals surface area contributed by atoms with E-state index in [1.165, 1.54) is 0 Å². The number of piperazine rings is 1. The molecular formula is C16H16F6N4O4. The van der Waals surface area contributed by atoms with Crippen LogP contribution in [0.4, 0.5) is 42.5 Å². The Morgan fingerprint density at radius 3 is 2.23 bits per heavy atom. The number of nitrogens with zero attached hydrogens (tertiary/aromatic N) is 2. The summed E-state index contributed by atoms with van der Waals surface area (Å²) < 4.78 is 77.8. The number of nitrogens with two attached hydrogens (primary N) is 1. The summed E-state index contributed by atoms with van der Waals surface area (Å²) >= 11 is 0. The number of carbonyl (C=O) groups is 3. The molecule has 1 fully saturated rings. The third-order valence-electron chi connectivity index (χ3n) is 4.28. The monoisotopic (exact) mass is 442 g/mol. The minimum atomic E-state index is -5.18. The molecule has 0 aliphatic carbocycles. The molecule has 0 atom stereocenters. The molecule has 0 spiro atoms. The second kappa shape index (κ2) is 8.28. The number of hydrogen-bond acceptors (Lipinski definition) is 4. The molecule has 3 amide bonds. The highest BCUT2D eigenvalue weighted by molar-refractivity contribution is 5.95. The maximum Gasteiger partial charge on any atom is 0.418 e. The van der Waals surface area contributed by atoms with E-state index in [1.54, 1.807) is 0 Å². The summed E-state index contributed by atoms with van der Waals surface area (Å²) in [7, 11) is 0. The van der Waals surface area contributed by atoms with E-state index >= 15 is 0 Å². The highest BCUT2D eigenvalue weighted by Gasteiger charge is 2.39. The lowest BCUT2D eigenvalue weighted by molar-refractivity contribution is -0.142. The fourth-order valence-electron chi connectivity index (χ4n) is 2.71. The molecular weight excluding hydrogens is 426 g/mol. The van der Waals surface area contributed by atoms with Crippen molar-refractivity contribution >= 4 is 29.3 Å². The first kappa shape index (κ1) is 23.1. The normalized spacial score (nSPS) is 15.3. The molecule has 0 saturated carbocycles. The maximum atomic E-state index is 13.0. The number of nitrogens with one attached hydrogen (secondary N) is 1. The van der Waals surface area contributed by atoms with Gasteiger partial charge < -0.3 is 21.1 Å². The van der Waals surface area contributed by atoms with E-state index in [9.17, 15) is 40.7 Å². The van der Waals surface area contributed by atoms with Crippen LogP contribution in [0.25, 0.3) is 0 Å². The van der Waals surface area contributed by atoms with E-state index in [1.807, 2.05) is 5.32 Å². The van der Waals surface area contributed by atoms with Gasteiger partial charge in [0.2, 0.25) is 11.8 Å². The van der Waals surface area contributed by atoms with E-state index in [0.717, 1.165) is 9.80 Å². The summed E-state index contributed by atoms with van der Waals surface area (Å²) in [5.41, 5.74) is -0.00700. The molecule has 0 bridgehead atoms. The van der Waals surface area contributed by atoms with Crippen molar-refractivity contribution in [3.05, 3.63) is 23.3 Å². The van der Waals surface area contributed by atoms with Crippen molar-refractivity contribution in [2.24, 2.45) is 0 Å². The zero-order valence-electron chi connectivity index (χ0n) is 15.1. The van der Waals surface area contributed by atoms with Crippen LogP contribution < -0.4 is 11.1 Å². The summed E-state index contributed by atoms with van der Waals surface area (Å²) in [5, 5.41) is 10.7. The molecule has 1 aliphatic heterocycles. The van der Waals surface area contributed by atoms with Crippen molar-refractivity contribution < 1.29 is 45.8 Å². The van der Waals surface area contributed by atoms with Crippen molar-refractivity contribution in [2.75, 3.05) is 37.2 Å². The van der Waals surface area contributed by atoms with Gasteiger partial charge in [-0.15, -0.1) is 0 Å². The summed E-state index contributed by atoms with van der Waals surface area (Å²) in [6.45, 7) is -0.643. The van der Waals surface area contributed by atoms with Crippen LogP contribution in [-0.2, 0) is 21.9 Å². The Balaban J connectivity index is 2.11. The molecule has 166 valence electrons. The van der Waals surface area contributed by atoms with E-state index in [2.05, 4.69) is 0 Å². The topological polar surface area (TPSA) is 116 Å². The minimum absolute atomic E-state index is 0.00177. The number of nitrogen functional groups attached to an aromatic ring is 1. The van der Waals surface area contributed by atoms with Gasteiger partial charge in [-0.1, -0.05) is 0 Å². The van der Waals surface area contributed by atoms with Crippen molar-refractivity contribution in [1.29, 1.82) is 0 Å². The van der Waals surface area contributed by atoms with Crippen LogP contribution in [0.1, 0.15) is 17.5 Å². The van der Waals surface area contributed by atoms with Gasteiger partial charge in [0.05, 0.1) is 22.5 Å². The van der Waals surface area contributed by atoms with Crippen LogP contribution in [0.3, 0.4) is 0 Å². The predicted octanol–water partition coefficient (Wildman–Crippen LogP) is 2.46. The predicted molar refractivity (Wildman–Crippen MR) is 90.3 cm³/mol. The first-order valence-electron chi connectivity index (χ1n) is 8.33. The van der Waals surface area contributed by atoms with Gasteiger partial charge in [0.25, 0.3) is 0 Å². The van der Waals surface area contributed by atoms with E-state index in [4.69, 9.17) is 10.8 Å². The Hall–Kier alpha value is -3.19. The number of benzene rings is 1. The zero-order chi connectivity index (χ0) is 22.9. The smallest absolute Gasteiger partial charge is 0.418 e. The molecule has 30 heavy (non-hydrogen) atoms. The molecule has 14 heteroatoms. The molecule has 1 saturated heterocycles. The lowest BCUT2D eigenvalue weighted by Crippen LogP contribution is -2.52. The number of alkyl halides is 6. The van der Waals surface area contributed by atoms with Crippen LogP contribution >= 0.6 is 0 Å². The lowest BCUT2D eigenvalue weighted by atomic mass is 10.1. The Morgan fingerprint density at radius 2 is 1.73 bits per heavy atom. The number of halogens is 6. The average Bonchev–Trinajstić information content (AvgIpc) is 2.60. The van der Waals surface area contributed by atoms with Gasteiger partial charge in [-0.05, 0) is 12.1 Å². The standard InChI is InChI=1S/C16H16F6N4O4/c17-15(18,19)8-5-9(16(20,21)22)13(23)10(6-8)24-11(27)1-2-25-3-4-26(14(29)30)7-12(25)28/h5-6H,1-4,7,23H2,(H,24,27)(H,29,30). The Morgan fingerprint density at radius 1 is 1.10 bits per heavy atom. The fourth-order valence-corrected chi connectivity index (χ4v) is 2.71. The molecule has 0 unspecified atom stereocenters. The molecule has 1 aromatic rings. The highest BCUT2D eigenvalue weighted by Crippen LogP contribution is 2.42. The summed E-state index contributed by atoms with van der Waals surface area (Å²) in [6.07, 6.45) is -12.0. The van der Waals surface area contributed by atoms with Crippen LogP contribution in [0.5, 0.6) is 0 Å². The van der Waals surface area contributed by atoms with Gasteiger partial charge in [-0.3, -0.25) is 14.5 Å². The maximum absolute atomic E-state index is 13.0. The quantitative estimate of drug-likeness (QED) is 0.490. The number of amides is 3. The van der Waals surface area contributed by atoms with Gasteiger partial charge in [0.1, 0.15) is 6.54 Å². The van der Waals surface area contributed by atoms with Crippen LogP contribution in [-0.4, -0.2) is 59.0 Å². The highest BCUT2D eigenvalue weighted by atomic mass is 19.4. The largest absolute Gasteiger partial charge is 0.465 e. The molecule has 1 aromatic carbocycles. The number of carboxylic acid groups (broad SMARTS) is 1. The first-order valence-corrected chi connectivity index (χ1v) is 8.33. The second-order valence-electron chi connectivity index (χ2n) is 6.36. The number of carbonyl (C=O) groups excluding carboxylic acids is 2. The molecule has 1 aliphatic rings. The second-order valence-corrected chi connectivity index (χ2v) is 6.36. The minimum Gasteiger partial charge on any atom is -0.465 e. The van der Waals surface area contributed by atoms with Crippen molar-refractivity contribution in [2.45, 2.75) is 18.8 Å². The Labute approximate surface area is 165 Å². The molecule has 2 rings (SSSR count). The van der Waals surface area contributed by atoms with Gasteiger partial charge >= 0.3 is 18.4 Å². The first-order chi connectivity index (χ1) is 13.7. The van der Waals surface area contributed by atoms with E-state index in [0.29, 0.717) is 6.07 Å². The van der Waals surface area contributed by atoms with Crippen LogP contribution in [0.2, 0.25) is 0 Å². The third kappa shape index (κ3) is 5.45. The molecule has 1 heterocycles. The van der Waals surface area contributed by atoms with Crippen molar-refractivity contribution in [1.82, 2.24) is 9.80 Å². The summed E-state index contributed by atoms with van der Waals surface area (Å²) in [4.78, 5) is 36.7. The van der Waals surface area contributed by atoms with Gasteiger partial charge in [-0.2, -0.15) is 26.3 Å². The Bertz CT molecular complexity index is 855. The SMILES string of the molecule is Nc1c(NC(=O)CCN2CCN(C(=O)O)CC2=O)cc(C(F)(F)F)cc1C(F)(F)F. The molecule has 8 nitrogen and oxygen atoms in total. The van der Waals surface area contributed by atoms with Gasteiger partial charge in [0, 0.05) is 26.1 Å². The summed E-state index contributed by atoms with van der Waals surface area (Å²) in [6, 6.07) is 0.144. The Kier molecular flexibility index (Phi) is 6.37. The molecule has 0 aromatic heterocycles. The zero-order valence-corrected chi connectivity index (χ0v) is 15.1. The van der Waals surface area contributed by atoms with E-state index in [-0.39, 0.29) is 25.7 Å². The van der Waals surface area contributed by atoms with Crippen molar-refractivity contribution in [3.63, 3.8) is 0 Å². The fraction of sp³-hybridized carbons (Fsp3) is 0.438. The van der Waals surface area contributed by atoms with Crippen molar-refractivity contribution in [3.8, 4) is 0 Å². The third-order valence-corrected chi connectivity index (χ3v) is 4.28. The lowest BCUT2D eigenvalue weighted by Gasteiger charge is -2.32. The molecule has 0 radical (unpaired) electrons. The molecule has 4 N–H and O–H groups in total. The van der Waals surface area contributed by atoms with Gasteiger partial charge in [-0.25, -0.2) is 4.79 Å². The van der Waals surface area contributed by atoms with Crippen LogP contribution in [0.15, 0.2) is 12.1 Å². The van der Waals surface area contributed by atoms with Gasteiger partial charge in [0.15, 0.2) is 0 Å². The average molecular weight is 442 g/mol. The number of anilines is 2. The van der Waals surface area contributed by atoms with Crippen LogP contribution in [0, 0.1) is 0 Å². The summed E-state index contributed by atoms with van der Waals surface area (Å²) in [5.74, 6) is -1.56. The number of rotatable bonds is 4. The van der Waals surface area contributed by atoms with E-state index < -0.39 is 65.7 Å².